The lowest BCUT2D eigenvalue weighted by molar-refractivity contribution is -0.145. The summed E-state index contributed by atoms with van der Waals surface area (Å²) in [6, 6.07) is 13.2. The van der Waals surface area contributed by atoms with Gasteiger partial charge in [0.25, 0.3) is 0 Å². The Bertz CT molecular complexity index is 1240. The standard InChI is InChI=1S/C29H37N5O5/c1-19(2)18-39-27(36)17-33-16-22-10-11-23(15-24(22)32-29(33)31-20(3)35)38-14-12-26(28(30)37)34-13-6-8-21-7-4-5-9-25(21)34/h4-5,7,9-11,15,19,26H,6,8,12-14,16-18H2,1-3H3,(H2,30,37)(H,31,32,35). The number of nitrogens with zero attached hydrogens (tertiary/aromatic N) is 3. The predicted octanol–water partition coefficient (Wildman–Crippen LogP) is 2.90. The Hall–Kier alpha value is -4.08. The van der Waals surface area contributed by atoms with E-state index < -0.39 is 6.04 Å². The monoisotopic (exact) mass is 535 g/mol. The average Bonchev–Trinajstić information content (AvgIpc) is 2.89. The molecule has 39 heavy (non-hydrogen) atoms. The number of carbonyl (C=O) groups excluding carboxylic acids is 3. The number of primary amides is 1. The molecule has 1 atom stereocenters. The summed E-state index contributed by atoms with van der Waals surface area (Å²) in [4.78, 5) is 44.9. The molecule has 0 fully saturated rings. The van der Waals surface area contributed by atoms with Crippen LogP contribution in [0.3, 0.4) is 0 Å². The molecule has 10 nitrogen and oxygen atoms in total. The Morgan fingerprint density at radius 3 is 2.67 bits per heavy atom. The Morgan fingerprint density at radius 1 is 1.13 bits per heavy atom. The van der Waals surface area contributed by atoms with Gasteiger partial charge in [0.2, 0.25) is 17.8 Å². The number of aryl methyl sites for hydroxylation is 1. The van der Waals surface area contributed by atoms with Crippen LogP contribution < -0.4 is 20.7 Å². The molecule has 2 amide bonds. The fraction of sp³-hybridized carbons (Fsp3) is 0.448. The van der Waals surface area contributed by atoms with Crippen molar-refractivity contribution in [1.82, 2.24) is 10.2 Å². The van der Waals surface area contributed by atoms with Crippen molar-refractivity contribution in [3.63, 3.8) is 0 Å². The van der Waals surface area contributed by atoms with E-state index in [9.17, 15) is 14.4 Å². The molecule has 2 aliphatic rings. The van der Waals surface area contributed by atoms with Crippen molar-refractivity contribution in [2.75, 3.05) is 31.2 Å². The number of aliphatic imine (C=N–C) groups is 1. The van der Waals surface area contributed by atoms with Gasteiger partial charge < -0.3 is 25.0 Å². The number of guanidine groups is 1. The fourth-order valence-corrected chi connectivity index (χ4v) is 4.82. The molecule has 0 aromatic heterocycles. The van der Waals surface area contributed by atoms with Gasteiger partial charge in [0, 0.05) is 38.2 Å². The van der Waals surface area contributed by atoms with Crippen LogP contribution in [-0.2, 0) is 32.1 Å². The molecule has 0 spiro atoms. The number of benzene rings is 2. The van der Waals surface area contributed by atoms with Crippen molar-refractivity contribution in [3.8, 4) is 5.75 Å². The molecule has 1 unspecified atom stereocenters. The van der Waals surface area contributed by atoms with Gasteiger partial charge in [-0.1, -0.05) is 38.1 Å². The van der Waals surface area contributed by atoms with Crippen molar-refractivity contribution >= 4 is 35.1 Å². The first-order chi connectivity index (χ1) is 18.7. The predicted molar refractivity (Wildman–Crippen MR) is 149 cm³/mol. The van der Waals surface area contributed by atoms with Gasteiger partial charge in [-0.2, -0.15) is 0 Å². The van der Waals surface area contributed by atoms with Crippen LogP contribution in [0.25, 0.3) is 0 Å². The Labute approximate surface area is 229 Å². The van der Waals surface area contributed by atoms with Crippen molar-refractivity contribution < 1.29 is 23.9 Å². The summed E-state index contributed by atoms with van der Waals surface area (Å²) in [7, 11) is 0. The molecule has 3 N–H and O–H groups in total. The van der Waals surface area contributed by atoms with E-state index in [-0.39, 0.29) is 36.2 Å². The van der Waals surface area contributed by atoms with Crippen LogP contribution in [-0.4, -0.2) is 61.0 Å². The van der Waals surface area contributed by atoms with E-state index in [4.69, 9.17) is 15.2 Å². The highest BCUT2D eigenvalue weighted by Gasteiger charge is 2.28. The van der Waals surface area contributed by atoms with Crippen molar-refractivity contribution in [2.24, 2.45) is 16.6 Å². The number of amides is 2. The number of fused-ring (bicyclic) bond motifs is 2. The molecule has 4 rings (SSSR count). The highest BCUT2D eigenvalue weighted by Crippen LogP contribution is 2.31. The molecule has 0 bridgehead atoms. The number of anilines is 1. The molecule has 2 heterocycles. The van der Waals surface area contributed by atoms with E-state index in [1.54, 1.807) is 11.0 Å². The van der Waals surface area contributed by atoms with Gasteiger partial charge in [0.15, 0.2) is 0 Å². The van der Waals surface area contributed by atoms with Gasteiger partial charge in [-0.05, 0) is 42.0 Å². The molecule has 0 aliphatic carbocycles. The third-order valence-electron chi connectivity index (χ3n) is 6.64. The molecule has 2 aromatic rings. The number of nitrogens with two attached hydrogens (primary N) is 1. The second-order valence-electron chi connectivity index (χ2n) is 10.3. The van der Waals surface area contributed by atoms with Crippen LogP contribution in [0, 0.1) is 5.92 Å². The minimum absolute atomic E-state index is 0.0301. The number of ether oxygens (including phenoxy) is 2. The first-order valence-corrected chi connectivity index (χ1v) is 13.4. The highest BCUT2D eigenvalue weighted by molar-refractivity contribution is 5.99. The minimum atomic E-state index is -0.475. The number of rotatable bonds is 10. The van der Waals surface area contributed by atoms with Gasteiger partial charge >= 0.3 is 5.97 Å². The summed E-state index contributed by atoms with van der Waals surface area (Å²) in [5, 5.41) is 2.71. The maximum Gasteiger partial charge on any atom is 0.325 e. The normalized spacial score (nSPS) is 15.1. The molecule has 0 saturated carbocycles. The van der Waals surface area contributed by atoms with Gasteiger partial charge in [0.05, 0.1) is 18.9 Å². The third-order valence-corrected chi connectivity index (χ3v) is 6.64. The number of nitrogens with one attached hydrogen (secondary N) is 1. The Morgan fingerprint density at radius 2 is 1.92 bits per heavy atom. The maximum atomic E-state index is 12.4. The van der Waals surface area contributed by atoms with Gasteiger partial charge in [0.1, 0.15) is 18.3 Å². The number of esters is 1. The maximum absolute atomic E-state index is 12.4. The first kappa shape index (κ1) is 27.9. The largest absolute Gasteiger partial charge is 0.493 e. The molecular formula is C29H37N5O5. The summed E-state index contributed by atoms with van der Waals surface area (Å²) < 4.78 is 11.3. The average molecular weight is 536 g/mol. The van der Waals surface area contributed by atoms with Crippen LogP contribution in [0.4, 0.5) is 11.4 Å². The highest BCUT2D eigenvalue weighted by atomic mass is 16.5. The van der Waals surface area contributed by atoms with Gasteiger partial charge in [-0.3, -0.25) is 19.7 Å². The van der Waals surface area contributed by atoms with Crippen molar-refractivity contribution in [2.45, 2.75) is 52.6 Å². The van der Waals surface area contributed by atoms with E-state index in [0.717, 1.165) is 30.6 Å². The quantitative estimate of drug-likeness (QED) is 0.448. The minimum Gasteiger partial charge on any atom is -0.493 e. The second-order valence-corrected chi connectivity index (χ2v) is 10.3. The number of hydrogen-bond donors (Lipinski definition) is 2. The fourth-order valence-electron chi connectivity index (χ4n) is 4.82. The summed E-state index contributed by atoms with van der Waals surface area (Å²) in [6.45, 7) is 7.07. The lowest BCUT2D eigenvalue weighted by Gasteiger charge is -2.36. The van der Waals surface area contributed by atoms with Crippen LogP contribution in [0.1, 0.15) is 44.7 Å². The van der Waals surface area contributed by atoms with Crippen molar-refractivity contribution in [1.29, 1.82) is 0 Å². The SMILES string of the molecule is CC(=O)NC1=Nc2cc(OCCC(C(N)=O)N3CCCc4ccccc43)ccc2CN1CC(=O)OCC(C)C. The molecule has 0 saturated heterocycles. The van der Waals surface area contributed by atoms with Gasteiger partial charge in [-0.15, -0.1) is 0 Å². The Kier molecular flexibility index (Phi) is 9.06. The molecule has 10 heteroatoms. The topological polar surface area (TPSA) is 127 Å². The zero-order valence-electron chi connectivity index (χ0n) is 22.8. The zero-order valence-corrected chi connectivity index (χ0v) is 22.8. The summed E-state index contributed by atoms with van der Waals surface area (Å²) in [5.41, 5.74) is 9.60. The Balaban J connectivity index is 1.42. The smallest absolute Gasteiger partial charge is 0.325 e. The summed E-state index contributed by atoms with van der Waals surface area (Å²) in [5.74, 6) is 0.0505. The van der Waals surface area contributed by atoms with Crippen molar-refractivity contribution in [3.05, 3.63) is 53.6 Å². The zero-order chi connectivity index (χ0) is 27.9. The number of hydrogen-bond acceptors (Lipinski definition) is 8. The second kappa shape index (κ2) is 12.6. The van der Waals surface area contributed by atoms with E-state index in [2.05, 4.69) is 21.3 Å². The third kappa shape index (κ3) is 7.28. The van der Waals surface area contributed by atoms with Gasteiger partial charge in [-0.25, -0.2) is 4.99 Å². The molecule has 208 valence electrons. The van der Waals surface area contributed by atoms with Crippen LogP contribution in [0.5, 0.6) is 5.75 Å². The van der Waals surface area contributed by atoms with Crippen LogP contribution in [0.15, 0.2) is 47.5 Å². The van der Waals surface area contributed by atoms with E-state index in [0.29, 0.717) is 37.6 Å². The number of carbonyl (C=O) groups is 3. The first-order valence-electron chi connectivity index (χ1n) is 13.4. The molecule has 0 radical (unpaired) electrons. The lowest BCUT2D eigenvalue weighted by Crippen LogP contribution is -2.48. The van der Waals surface area contributed by atoms with Crippen LogP contribution in [0.2, 0.25) is 0 Å². The summed E-state index contributed by atoms with van der Waals surface area (Å²) in [6.07, 6.45) is 2.39. The lowest BCUT2D eigenvalue weighted by atomic mass is 9.99. The van der Waals surface area contributed by atoms with E-state index in [1.807, 2.05) is 44.2 Å². The summed E-state index contributed by atoms with van der Waals surface area (Å²) >= 11 is 0. The van der Waals surface area contributed by atoms with E-state index in [1.165, 1.54) is 12.5 Å². The molecule has 2 aromatic carbocycles. The van der Waals surface area contributed by atoms with Crippen LogP contribution >= 0.6 is 0 Å². The number of para-hydroxylation sites is 1. The molecular weight excluding hydrogens is 498 g/mol. The van der Waals surface area contributed by atoms with E-state index >= 15 is 0 Å². The molecule has 2 aliphatic heterocycles.